The van der Waals surface area contributed by atoms with Crippen molar-refractivity contribution in [3.8, 4) is 0 Å². The quantitative estimate of drug-likeness (QED) is 0.671. The van der Waals surface area contributed by atoms with Crippen LogP contribution in [0.15, 0.2) is 52.2 Å². The Labute approximate surface area is 181 Å². The fraction of sp³-hybridized carbons (Fsp3) is 0.364. The van der Waals surface area contributed by atoms with Crippen molar-refractivity contribution in [1.82, 2.24) is 13.4 Å². The molecule has 0 bridgehead atoms. The lowest BCUT2D eigenvalue weighted by Gasteiger charge is -2.30. The molecular weight excluding hydrogens is 416 g/mol. The van der Waals surface area contributed by atoms with E-state index in [0.717, 1.165) is 16.6 Å². The van der Waals surface area contributed by atoms with Crippen LogP contribution in [-0.2, 0) is 28.9 Å². The highest BCUT2D eigenvalue weighted by atomic mass is 32.2. The molecule has 4 rings (SSSR count). The molecule has 2 heterocycles. The van der Waals surface area contributed by atoms with E-state index in [1.165, 1.54) is 4.31 Å². The number of imidazole rings is 1. The van der Waals surface area contributed by atoms with Gasteiger partial charge in [-0.3, -0.25) is 13.9 Å². The van der Waals surface area contributed by atoms with E-state index in [0.29, 0.717) is 31.6 Å². The van der Waals surface area contributed by atoms with Gasteiger partial charge < -0.3 is 5.32 Å². The normalized spacial score (nSPS) is 16.0. The third-order valence-electron chi connectivity index (χ3n) is 6.02. The van der Waals surface area contributed by atoms with Crippen LogP contribution in [-0.4, -0.2) is 40.9 Å². The van der Waals surface area contributed by atoms with Crippen LogP contribution in [0.5, 0.6) is 0 Å². The first kappa shape index (κ1) is 21.3. The molecule has 1 N–H and O–H groups in total. The second-order valence-corrected chi connectivity index (χ2v) is 10.0. The summed E-state index contributed by atoms with van der Waals surface area (Å²) in [5.41, 5.74) is 3.03. The minimum absolute atomic E-state index is 0.124. The molecule has 9 heteroatoms. The van der Waals surface area contributed by atoms with Gasteiger partial charge >= 0.3 is 5.69 Å². The summed E-state index contributed by atoms with van der Waals surface area (Å²) in [5.74, 6) is -0.396. The van der Waals surface area contributed by atoms with Gasteiger partial charge in [0.1, 0.15) is 0 Å². The molecule has 1 aliphatic heterocycles. The van der Waals surface area contributed by atoms with Crippen LogP contribution < -0.4 is 11.0 Å². The van der Waals surface area contributed by atoms with Crippen molar-refractivity contribution < 1.29 is 13.2 Å². The summed E-state index contributed by atoms with van der Waals surface area (Å²) in [7, 11) is -0.146. The molecule has 1 aliphatic rings. The Morgan fingerprint density at radius 3 is 2.23 bits per heavy atom. The highest BCUT2D eigenvalue weighted by molar-refractivity contribution is 7.89. The lowest BCUT2D eigenvalue weighted by atomic mass is 9.97. The fourth-order valence-electron chi connectivity index (χ4n) is 4.05. The predicted octanol–water partition coefficient (Wildman–Crippen LogP) is 2.22. The topological polar surface area (TPSA) is 93.4 Å². The fourth-order valence-corrected chi connectivity index (χ4v) is 5.52. The van der Waals surface area contributed by atoms with Crippen LogP contribution in [0.25, 0.3) is 11.0 Å². The second-order valence-electron chi connectivity index (χ2n) is 8.08. The number of amides is 1. The molecule has 1 saturated heterocycles. The summed E-state index contributed by atoms with van der Waals surface area (Å²) < 4.78 is 30.2. The maximum Gasteiger partial charge on any atom is 0.328 e. The number of aromatic nitrogens is 2. The zero-order valence-corrected chi connectivity index (χ0v) is 18.6. The average Bonchev–Trinajstić information content (AvgIpc) is 2.98. The van der Waals surface area contributed by atoms with Crippen LogP contribution in [0.1, 0.15) is 18.4 Å². The van der Waals surface area contributed by atoms with Crippen molar-refractivity contribution >= 4 is 32.7 Å². The van der Waals surface area contributed by atoms with Gasteiger partial charge in [-0.05, 0) is 50.1 Å². The molecule has 0 spiro atoms. The van der Waals surface area contributed by atoms with Gasteiger partial charge in [-0.2, -0.15) is 4.31 Å². The van der Waals surface area contributed by atoms with Crippen molar-refractivity contribution in [2.75, 3.05) is 18.4 Å². The molecule has 164 valence electrons. The number of rotatable bonds is 4. The lowest BCUT2D eigenvalue weighted by Crippen LogP contribution is -2.41. The van der Waals surface area contributed by atoms with E-state index >= 15 is 0 Å². The Morgan fingerprint density at radius 2 is 1.58 bits per heavy atom. The van der Waals surface area contributed by atoms with Gasteiger partial charge in [0.15, 0.2) is 0 Å². The highest BCUT2D eigenvalue weighted by Crippen LogP contribution is 2.26. The minimum atomic E-state index is -3.55. The molecule has 1 amide bonds. The zero-order chi connectivity index (χ0) is 22.3. The average molecular weight is 443 g/mol. The maximum absolute atomic E-state index is 12.8. The molecule has 0 unspecified atom stereocenters. The summed E-state index contributed by atoms with van der Waals surface area (Å²) in [5, 5.41) is 2.92. The smallest absolute Gasteiger partial charge is 0.326 e. The van der Waals surface area contributed by atoms with E-state index < -0.39 is 10.0 Å². The molecule has 0 radical (unpaired) electrons. The molecule has 1 aromatic heterocycles. The molecule has 1 fully saturated rings. The Bertz CT molecular complexity index is 1300. The van der Waals surface area contributed by atoms with Gasteiger partial charge in [0.2, 0.25) is 15.9 Å². The SMILES string of the molecule is Cc1ccc(S(=O)(=O)N2CCC(C(=O)Nc3ccc4c(c3)n(C)c(=O)n4C)CC2)cc1. The van der Waals surface area contributed by atoms with Gasteiger partial charge in [-0.15, -0.1) is 0 Å². The van der Waals surface area contributed by atoms with Crippen molar-refractivity contribution in [2.45, 2.75) is 24.7 Å². The minimum Gasteiger partial charge on any atom is -0.326 e. The van der Waals surface area contributed by atoms with Gasteiger partial charge in [0.25, 0.3) is 0 Å². The van der Waals surface area contributed by atoms with Crippen LogP contribution in [0.4, 0.5) is 5.69 Å². The van der Waals surface area contributed by atoms with E-state index in [4.69, 9.17) is 0 Å². The second kappa shape index (κ2) is 7.97. The number of nitrogens with zero attached hydrogens (tertiary/aromatic N) is 3. The van der Waals surface area contributed by atoms with E-state index in [1.807, 2.05) is 13.0 Å². The zero-order valence-electron chi connectivity index (χ0n) is 17.8. The maximum atomic E-state index is 12.8. The molecule has 0 atom stereocenters. The van der Waals surface area contributed by atoms with Gasteiger partial charge in [0.05, 0.1) is 15.9 Å². The number of carbonyl (C=O) groups excluding carboxylic acids is 1. The predicted molar refractivity (Wildman–Crippen MR) is 119 cm³/mol. The van der Waals surface area contributed by atoms with Crippen molar-refractivity contribution in [3.05, 3.63) is 58.5 Å². The van der Waals surface area contributed by atoms with Crippen LogP contribution in [0.3, 0.4) is 0 Å². The van der Waals surface area contributed by atoms with Crippen molar-refractivity contribution in [1.29, 1.82) is 0 Å². The Hall–Kier alpha value is -2.91. The molecule has 31 heavy (non-hydrogen) atoms. The molecule has 8 nitrogen and oxygen atoms in total. The summed E-state index contributed by atoms with van der Waals surface area (Å²) >= 11 is 0. The third kappa shape index (κ3) is 3.90. The number of carbonyl (C=O) groups is 1. The molecule has 0 saturated carbocycles. The highest BCUT2D eigenvalue weighted by Gasteiger charge is 2.32. The number of aryl methyl sites for hydroxylation is 3. The molecule has 2 aromatic carbocycles. The van der Waals surface area contributed by atoms with E-state index in [1.54, 1.807) is 59.6 Å². The number of hydrogen-bond acceptors (Lipinski definition) is 4. The first-order valence-electron chi connectivity index (χ1n) is 10.2. The summed E-state index contributed by atoms with van der Waals surface area (Å²) in [6.45, 7) is 2.52. The summed E-state index contributed by atoms with van der Waals surface area (Å²) in [4.78, 5) is 25.1. The number of anilines is 1. The summed E-state index contributed by atoms with van der Waals surface area (Å²) in [6.07, 6.45) is 0.923. The third-order valence-corrected chi connectivity index (χ3v) is 7.94. The van der Waals surface area contributed by atoms with E-state index in [9.17, 15) is 18.0 Å². The van der Waals surface area contributed by atoms with Gasteiger partial charge in [-0.25, -0.2) is 13.2 Å². The van der Waals surface area contributed by atoms with E-state index in [2.05, 4.69) is 5.32 Å². The molecular formula is C22H26N4O4S. The van der Waals surface area contributed by atoms with Crippen molar-refractivity contribution in [2.24, 2.45) is 20.0 Å². The molecule has 0 aliphatic carbocycles. The number of sulfonamides is 1. The number of fused-ring (bicyclic) bond motifs is 1. The van der Waals surface area contributed by atoms with Crippen molar-refractivity contribution in [3.63, 3.8) is 0 Å². The first-order valence-corrected chi connectivity index (χ1v) is 11.7. The largest absolute Gasteiger partial charge is 0.328 e. The van der Waals surface area contributed by atoms with Gasteiger partial charge in [0, 0.05) is 38.8 Å². The van der Waals surface area contributed by atoms with Crippen LogP contribution in [0.2, 0.25) is 0 Å². The molecule has 3 aromatic rings. The summed E-state index contributed by atoms with van der Waals surface area (Å²) in [6, 6.07) is 12.2. The lowest BCUT2D eigenvalue weighted by molar-refractivity contribution is -0.120. The first-order chi connectivity index (χ1) is 14.7. The Morgan fingerprint density at radius 1 is 0.968 bits per heavy atom. The monoisotopic (exact) mass is 442 g/mol. The van der Waals surface area contributed by atoms with Crippen LogP contribution in [0, 0.1) is 12.8 Å². The number of nitrogens with one attached hydrogen (secondary N) is 1. The Kier molecular flexibility index (Phi) is 5.49. The van der Waals surface area contributed by atoms with E-state index in [-0.39, 0.29) is 22.4 Å². The standard InChI is InChI=1S/C22H26N4O4S/c1-15-4-7-18(8-5-15)31(29,30)26-12-10-16(11-13-26)21(27)23-17-6-9-19-20(14-17)25(3)22(28)24(19)2/h4-9,14,16H,10-13H2,1-3H3,(H,23,27). The Balaban J connectivity index is 1.43. The van der Waals surface area contributed by atoms with Gasteiger partial charge in [-0.1, -0.05) is 17.7 Å². The number of benzene rings is 2. The number of piperidine rings is 1. The number of hydrogen-bond donors (Lipinski definition) is 1. The van der Waals surface area contributed by atoms with Crippen LogP contribution >= 0.6 is 0 Å².